The third kappa shape index (κ3) is 1.56. The van der Waals surface area contributed by atoms with Gasteiger partial charge < -0.3 is 4.98 Å². The van der Waals surface area contributed by atoms with Gasteiger partial charge in [0.05, 0.1) is 15.6 Å². The number of nitrogens with one attached hydrogen (secondary N) is 2. The average Bonchev–Trinajstić information content (AvgIpc) is 2.67. The fourth-order valence-electron chi connectivity index (χ4n) is 1.41. The molecular formula is C9H7Cl2N3O. The van der Waals surface area contributed by atoms with Crippen LogP contribution in [0.1, 0.15) is 10.4 Å². The molecule has 0 radical (unpaired) electrons. The summed E-state index contributed by atoms with van der Waals surface area (Å²) in [6, 6.07) is 3.41. The number of nitrogen functional groups attached to an aromatic ring is 1. The number of aromatic nitrogens is 1. The Balaban J connectivity index is 2.77. The van der Waals surface area contributed by atoms with Crippen LogP contribution >= 0.6 is 23.2 Å². The number of carbonyl (C=O) groups excluding carboxylic acids is 1. The summed E-state index contributed by atoms with van der Waals surface area (Å²) in [5.41, 5.74) is 3.16. The first-order chi connectivity index (χ1) is 7.15. The Morgan fingerprint density at radius 1 is 1.40 bits per heavy atom. The number of nitrogens with two attached hydrogens (primary N) is 1. The Bertz CT molecular complexity index is 535. The predicted molar refractivity (Wildman–Crippen MR) is 60.0 cm³/mol. The molecule has 6 heteroatoms. The fourth-order valence-corrected chi connectivity index (χ4v) is 1.84. The lowest BCUT2D eigenvalue weighted by Gasteiger charge is -2.00. The number of carbonyl (C=O) groups is 1. The van der Waals surface area contributed by atoms with Gasteiger partial charge in [0.1, 0.15) is 0 Å². The first kappa shape index (κ1) is 10.3. The van der Waals surface area contributed by atoms with Gasteiger partial charge in [0.2, 0.25) is 0 Å². The first-order valence-corrected chi connectivity index (χ1v) is 4.86. The minimum atomic E-state index is -0.412. The average molecular weight is 244 g/mol. The third-order valence-corrected chi connectivity index (χ3v) is 2.92. The highest BCUT2D eigenvalue weighted by Crippen LogP contribution is 2.32. The first-order valence-electron chi connectivity index (χ1n) is 4.11. The lowest BCUT2D eigenvalue weighted by molar-refractivity contribution is 0.0955. The topological polar surface area (TPSA) is 70.9 Å². The number of hydrogen-bond acceptors (Lipinski definition) is 2. The van der Waals surface area contributed by atoms with Crippen molar-refractivity contribution >= 4 is 40.0 Å². The van der Waals surface area contributed by atoms with Gasteiger partial charge in [-0.25, -0.2) is 5.84 Å². The zero-order valence-electron chi connectivity index (χ0n) is 7.47. The summed E-state index contributed by atoms with van der Waals surface area (Å²) in [5.74, 6) is 4.64. The predicted octanol–water partition coefficient (Wildman–Crippen LogP) is 2.08. The molecule has 4 N–H and O–H groups in total. The molecule has 0 atom stereocenters. The highest BCUT2D eigenvalue weighted by molar-refractivity contribution is 6.46. The summed E-state index contributed by atoms with van der Waals surface area (Å²) in [4.78, 5) is 14.3. The molecule has 0 saturated heterocycles. The molecule has 0 unspecified atom stereocenters. The Hall–Kier alpha value is -1.23. The van der Waals surface area contributed by atoms with Crippen LogP contribution in [-0.4, -0.2) is 10.9 Å². The fraction of sp³-hybridized carbons (Fsp3) is 0. The van der Waals surface area contributed by atoms with Gasteiger partial charge in [-0.15, -0.1) is 0 Å². The Morgan fingerprint density at radius 3 is 2.80 bits per heavy atom. The molecule has 0 aliphatic rings. The third-order valence-electron chi connectivity index (χ3n) is 2.11. The van der Waals surface area contributed by atoms with Crippen molar-refractivity contribution in [2.45, 2.75) is 0 Å². The number of aromatic amines is 1. The van der Waals surface area contributed by atoms with Crippen molar-refractivity contribution in [2.24, 2.45) is 5.84 Å². The number of rotatable bonds is 1. The summed E-state index contributed by atoms with van der Waals surface area (Å²) >= 11 is 11.9. The normalized spacial score (nSPS) is 10.6. The minimum Gasteiger partial charge on any atom is -0.360 e. The molecule has 2 aromatic rings. The standard InChI is InChI=1S/C9H7Cl2N3O/c10-5-1-2-6-7(8(5)11)4(3-13-6)9(15)14-12/h1-3,13H,12H2,(H,14,15). The molecule has 1 heterocycles. The second-order valence-electron chi connectivity index (χ2n) is 2.96. The van der Waals surface area contributed by atoms with Crippen LogP contribution in [0.15, 0.2) is 18.3 Å². The van der Waals surface area contributed by atoms with Gasteiger partial charge in [0, 0.05) is 17.1 Å². The molecule has 0 saturated carbocycles. The summed E-state index contributed by atoms with van der Waals surface area (Å²) in [5, 5.41) is 1.32. The maximum absolute atomic E-state index is 11.4. The Morgan fingerprint density at radius 2 is 2.13 bits per heavy atom. The molecule has 0 fully saturated rings. The van der Waals surface area contributed by atoms with Crippen LogP contribution < -0.4 is 11.3 Å². The number of halogens is 2. The van der Waals surface area contributed by atoms with E-state index in [0.717, 1.165) is 5.52 Å². The highest BCUT2D eigenvalue weighted by atomic mass is 35.5. The lowest BCUT2D eigenvalue weighted by atomic mass is 10.1. The Kier molecular flexibility index (Phi) is 2.56. The van der Waals surface area contributed by atoms with E-state index in [4.69, 9.17) is 29.0 Å². The monoisotopic (exact) mass is 243 g/mol. The van der Waals surface area contributed by atoms with Gasteiger partial charge in [-0.3, -0.25) is 10.2 Å². The molecule has 15 heavy (non-hydrogen) atoms. The number of H-pyrrole nitrogens is 1. The van der Waals surface area contributed by atoms with Crippen molar-refractivity contribution < 1.29 is 4.79 Å². The highest BCUT2D eigenvalue weighted by Gasteiger charge is 2.15. The zero-order chi connectivity index (χ0) is 11.0. The van der Waals surface area contributed by atoms with Crippen molar-refractivity contribution in [1.29, 1.82) is 0 Å². The van der Waals surface area contributed by atoms with Gasteiger partial charge in [0.25, 0.3) is 5.91 Å². The van der Waals surface area contributed by atoms with E-state index in [0.29, 0.717) is 21.0 Å². The summed E-state index contributed by atoms with van der Waals surface area (Å²) < 4.78 is 0. The minimum absolute atomic E-state index is 0.342. The Labute approximate surface area is 95.3 Å². The maximum atomic E-state index is 11.4. The van der Waals surface area contributed by atoms with Crippen LogP contribution in [0, 0.1) is 0 Å². The summed E-state index contributed by atoms with van der Waals surface area (Å²) in [6.07, 6.45) is 1.54. The van der Waals surface area contributed by atoms with E-state index in [1.165, 1.54) is 6.20 Å². The van der Waals surface area contributed by atoms with Crippen LogP contribution in [0.2, 0.25) is 10.0 Å². The zero-order valence-corrected chi connectivity index (χ0v) is 8.99. The number of benzene rings is 1. The van der Waals surface area contributed by atoms with Gasteiger partial charge >= 0.3 is 0 Å². The molecule has 0 aliphatic heterocycles. The molecule has 78 valence electrons. The molecule has 0 aliphatic carbocycles. The number of hydrogen-bond donors (Lipinski definition) is 3. The molecule has 1 aromatic heterocycles. The van der Waals surface area contributed by atoms with E-state index in [1.54, 1.807) is 12.1 Å². The lowest BCUT2D eigenvalue weighted by Crippen LogP contribution is -2.29. The molecule has 0 bridgehead atoms. The van der Waals surface area contributed by atoms with Crippen molar-refractivity contribution in [3.63, 3.8) is 0 Å². The van der Waals surface area contributed by atoms with Crippen molar-refractivity contribution in [1.82, 2.24) is 10.4 Å². The second kappa shape index (κ2) is 3.73. The number of hydrazine groups is 1. The molecule has 0 spiro atoms. The van der Waals surface area contributed by atoms with Crippen molar-refractivity contribution in [3.8, 4) is 0 Å². The van der Waals surface area contributed by atoms with Gasteiger partial charge in [-0.05, 0) is 12.1 Å². The largest absolute Gasteiger partial charge is 0.360 e. The molecular weight excluding hydrogens is 237 g/mol. The quantitative estimate of drug-likeness (QED) is 0.408. The van der Waals surface area contributed by atoms with Crippen LogP contribution in [0.5, 0.6) is 0 Å². The number of fused-ring (bicyclic) bond motifs is 1. The van der Waals surface area contributed by atoms with Gasteiger partial charge in [-0.2, -0.15) is 0 Å². The second-order valence-corrected chi connectivity index (χ2v) is 3.74. The molecule has 1 amide bonds. The van der Waals surface area contributed by atoms with E-state index < -0.39 is 5.91 Å². The number of amides is 1. The van der Waals surface area contributed by atoms with Crippen LogP contribution in [0.3, 0.4) is 0 Å². The summed E-state index contributed by atoms with van der Waals surface area (Å²) in [6.45, 7) is 0. The van der Waals surface area contributed by atoms with Crippen LogP contribution in [-0.2, 0) is 0 Å². The molecule has 1 aromatic carbocycles. The SMILES string of the molecule is NNC(=O)c1c[nH]c2ccc(Cl)c(Cl)c12. The maximum Gasteiger partial charge on any atom is 0.267 e. The van der Waals surface area contributed by atoms with Gasteiger partial charge in [-0.1, -0.05) is 23.2 Å². The molecule has 4 nitrogen and oxygen atoms in total. The van der Waals surface area contributed by atoms with E-state index in [1.807, 2.05) is 5.43 Å². The van der Waals surface area contributed by atoms with E-state index in [9.17, 15) is 4.79 Å². The van der Waals surface area contributed by atoms with Crippen molar-refractivity contribution in [2.75, 3.05) is 0 Å². The van der Waals surface area contributed by atoms with Crippen LogP contribution in [0.25, 0.3) is 10.9 Å². The van der Waals surface area contributed by atoms with E-state index in [-0.39, 0.29) is 0 Å². The summed E-state index contributed by atoms with van der Waals surface area (Å²) in [7, 11) is 0. The smallest absolute Gasteiger partial charge is 0.267 e. The molecule has 2 rings (SSSR count). The van der Waals surface area contributed by atoms with Gasteiger partial charge in [0.15, 0.2) is 0 Å². The van der Waals surface area contributed by atoms with E-state index >= 15 is 0 Å². The van der Waals surface area contributed by atoms with E-state index in [2.05, 4.69) is 4.98 Å². The van der Waals surface area contributed by atoms with Crippen molar-refractivity contribution in [3.05, 3.63) is 33.9 Å². The van der Waals surface area contributed by atoms with Crippen LogP contribution in [0.4, 0.5) is 0 Å².